The first-order valence-electron chi connectivity index (χ1n) is 5.09. The molecule has 0 unspecified atom stereocenters. The Kier molecular flexibility index (Phi) is 3.89. The van der Waals surface area contributed by atoms with Crippen molar-refractivity contribution in [1.82, 2.24) is 0 Å². The zero-order chi connectivity index (χ0) is 10.6. The molecule has 0 amide bonds. The first-order valence-corrected chi connectivity index (χ1v) is 5.09. The van der Waals surface area contributed by atoms with E-state index in [4.69, 9.17) is 15.2 Å². The summed E-state index contributed by atoms with van der Waals surface area (Å²) in [5.41, 5.74) is 5.14. The molecule has 0 aromatic rings. The van der Waals surface area contributed by atoms with Gasteiger partial charge in [0.1, 0.15) is 6.61 Å². The Morgan fingerprint density at radius 2 is 2.07 bits per heavy atom. The van der Waals surface area contributed by atoms with Crippen LogP contribution in [0.3, 0.4) is 0 Å². The van der Waals surface area contributed by atoms with Crippen molar-refractivity contribution in [3.8, 4) is 0 Å². The molecule has 14 heavy (non-hydrogen) atoms. The monoisotopic (exact) mass is 201 g/mol. The molecule has 0 heterocycles. The van der Waals surface area contributed by atoms with Crippen LogP contribution in [-0.2, 0) is 14.3 Å². The lowest BCUT2D eigenvalue weighted by molar-refractivity contribution is -0.151. The van der Waals surface area contributed by atoms with Gasteiger partial charge in [-0.15, -0.1) is 0 Å². The second kappa shape index (κ2) is 4.75. The standard InChI is InChI=1S/C10H19NO3/c1-8(2)13-5-6-14-9(12)10(7-11)3-4-10/h8H,3-7,11H2,1-2H3. The Labute approximate surface area is 84.7 Å². The average Bonchev–Trinajstić information content (AvgIpc) is 2.92. The fraction of sp³-hybridized carbons (Fsp3) is 0.900. The Balaban J connectivity index is 2.10. The largest absolute Gasteiger partial charge is 0.463 e. The topological polar surface area (TPSA) is 61.5 Å². The van der Waals surface area contributed by atoms with Gasteiger partial charge in [-0.25, -0.2) is 0 Å². The molecule has 1 fully saturated rings. The molecular weight excluding hydrogens is 182 g/mol. The van der Waals surface area contributed by atoms with Gasteiger partial charge in [0.05, 0.1) is 18.1 Å². The normalized spacial score (nSPS) is 18.3. The summed E-state index contributed by atoms with van der Waals surface area (Å²) in [5.74, 6) is -0.160. The molecule has 1 saturated carbocycles. The fourth-order valence-corrected chi connectivity index (χ4v) is 1.21. The van der Waals surface area contributed by atoms with E-state index < -0.39 is 0 Å². The summed E-state index contributed by atoms with van der Waals surface area (Å²) in [4.78, 5) is 11.4. The van der Waals surface area contributed by atoms with Gasteiger partial charge in [-0.2, -0.15) is 0 Å². The van der Waals surface area contributed by atoms with Crippen LogP contribution in [0.4, 0.5) is 0 Å². The van der Waals surface area contributed by atoms with Gasteiger partial charge in [-0.05, 0) is 26.7 Å². The molecule has 4 nitrogen and oxygen atoms in total. The summed E-state index contributed by atoms with van der Waals surface area (Å²) in [6, 6.07) is 0. The summed E-state index contributed by atoms with van der Waals surface area (Å²) in [7, 11) is 0. The number of nitrogens with two attached hydrogens (primary N) is 1. The third kappa shape index (κ3) is 2.96. The van der Waals surface area contributed by atoms with Crippen molar-refractivity contribution in [2.45, 2.75) is 32.8 Å². The molecule has 0 spiro atoms. The van der Waals surface area contributed by atoms with Crippen LogP contribution < -0.4 is 5.73 Å². The molecule has 0 aromatic carbocycles. The minimum absolute atomic E-state index is 0.160. The van der Waals surface area contributed by atoms with Crippen molar-refractivity contribution >= 4 is 5.97 Å². The Morgan fingerprint density at radius 3 is 2.50 bits per heavy atom. The van der Waals surface area contributed by atoms with E-state index in [-0.39, 0.29) is 17.5 Å². The van der Waals surface area contributed by atoms with Crippen LogP contribution in [0, 0.1) is 5.41 Å². The van der Waals surface area contributed by atoms with Crippen molar-refractivity contribution in [3.63, 3.8) is 0 Å². The molecule has 82 valence electrons. The van der Waals surface area contributed by atoms with Gasteiger partial charge in [-0.3, -0.25) is 4.79 Å². The predicted octanol–water partition coefficient (Wildman–Crippen LogP) is 0.694. The van der Waals surface area contributed by atoms with Crippen LogP contribution in [0.5, 0.6) is 0 Å². The van der Waals surface area contributed by atoms with Crippen LogP contribution >= 0.6 is 0 Å². The fourth-order valence-electron chi connectivity index (χ4n) is 1.21. The third-order valence-corrected chi connectivity index (χ3v) is 2.44. The molecule has 0 atom stereocenters. The molecule has 0 aromatic heterocycles. The van der Waals surface area contributed by atoms with Crippen LogP contribution in [0.2, 0.25) is 0 Å². The smallest absolute Gasteiger partial charge is 0.313 e. The number of hydrogen-bond donors (Lipinski definition) is 1. The zero-order valence-corrected chi connectivity index (χ0v) is 8.91. The van der Waals surface area contributed by atoms with Crippen molar-refractivity contribution in [2.75, 3.05) is 19.8 Å². The SMILES string of the molecule is CC(C)OCCOC(=O)C1(CN)CC1. The van der Waals surface area contributed by atoms with Crippen molar-refractivity contribution in [3.05, 3.63) is 0 Å². The minimum atomic E-state index is -0.349. The summed E-state index contributed by atoms with van der Waals surface area (Å²) in [6.45, 7) is 5.09. The van der Waals surface area contributed by atoms with Crippen LogP contribution in [0.15, 0.2) is 0 Å². The summed E-state index contributed by atoms with van der Waals surface area (Å²) < 4.78 is 10.3. The maximum Gasteiger partial charge on any atom is 0.313 e. The van der Waals surface area contributed by atoms with Gasteiger partial charge < -0.3 is 15.2 Å². The lowest BCUT2D eigenvalue weighted by atomic mass is 10.1. The van der Waals surface area contributed by atoms with E-state index in [2.05, 4.69) is 0 Å². The van der Waals surface area contributed by atoms with E-state index in [1.165, 1.54) is 0 Å². The summed E-state index contributed by atoms with van der Waals surface area (Å²) >= 11 is 0. The van der Waals surface area contributed by atoms with Gasteiger partial charge >= 0.3 is 5.97 Å². The van der Waals surface area contributed by atoms with Gasteiger partial charge in [0.15, 0.2) is 0 Å². The van der Waals surface area contributed by atoms with Gasteiger partial charge in [0.2, 0.25) is 0 Å². The number of carbonyl (C=O) groups is 1. The van der Waals surface area contributed by atoms with Crippen LogP contribution in [0.1, 0.15) is 26.7 Å². The number of rotatable bonds is 6. The highest BCUT2D eigenvalue weighted by Gasteiger charge is 2.50. The molecule has 0 saturated heterocycles. The van der Waals surface area contributed by atoms with Crippen molar-refractivity contribution in [1.29, 1.82) is 0 Å². The molecule has 1 rings (SSSR count). The minimum Gasteiger partial charge on any atom is -0.463 e. The number of esters is 1. The summed E-state index contributed by atoms with van der Waals surface area (Å²) in [5, 5.41) is 0. The van der Waals surface area contributed by atoms with Crippen molar-refractivity contribution < 1.29 is 14.3 Å². The lowest BCUT2D eigenvalue weighted by Crippen LogP contribution is -2.28. The predicted molar refractivity (Wildman–Crippen MR) is 52.8 cm³/mol. The molecule has 0 aliphatic heterocycles. The summed E-state index contributed by atoms with van der Waals surface area (Å²) in [6.07, 6.45) is 1.92. The van der Waals surface area contributed by atoms with E-state index >= 15 is 0 Å². The van der Waals surface area contributed by atoms with Crippen LogP contribution in [-0.4, -0.2) is 31.8 Å². The number of ether oxygens (including phenoxy) is 2. The zero-order valence-electron chi connectivity index (χ0n) is 8.91. The molecule has 0 radical (unpaired) electrons. The maximum absolute atomic E-state index is 11.4. The molecular formula is C10H19NO3. The van der Waals surface area contributed by atoms with E-state index in [0.29, 0.717) is 19.8 Å². The van der Waals surface area contributed by atoms with Crippen molar-refractivity contribution in [2.24, 2.45) is 11.1 Å². The number of carbonyl (C=O) groups excluding carboxylic acids is 1. The van der Waals surface area contributed by atoms with E-state index in [0.717, 1.165) is 12.8 Å². The quantitative estimate of drug-likeness (QED) is 0.507. The Hall–Kier alpha value is -0.610. The van der Waals surface area contributed by atoms with Gasteiger partial charge in [0, 0.05) is 6.54 Å². The van der Waals surface area contributed by atoms with E-state index in [1.807, 2.05) is 13.8 Å². The first-order chi connectivity index (χ1) is 6.60. The molecule has 2 N–H and O–H groups in total. The van der Waals surface area contributed by atoms with E-state index in [9.17, 15) is 4.79 Å². The lowest BCUT2D eigenvalue weighted by Gasteiger charge is -2.12. The molecule has 1 aliphatic carbocycles. The highest BCUT2D eigenvalue weighted by molar-refractivity contribution is 5.80. The highest BCUT2D eigenvalue weighted by atomic mass is 16.6. The molecule has 4 heteroatoms. The third-order valence-electron chi connectivity index (χ3n) is 2.44. The second-order valence-electron chi connectivity index (χ2n) is 4.04. The van der Waals surface area contributed by atoms with Gasteiger partial charge in [0.25, 0.3) is 0 Å². The van der Waals surface area contributed by atoms with E-state index in [1.54, 1.807) is 0 Å². The number of hydrogen-bond acceptors (Lipinski definition) is 4. The Bertz CT molecular complexity index is 200. The van der Waals surface area contributed by atoms with Gasteiger partial charge in [-0.1, -0.05) is 0 Å². The highest BCUT2D eigenvalue weighted by Crippen LogP contribution is 2.45. The molecule has 0 bridgehead atoms. The maximum atomic E-state index is 11.4. The average molecular weight is 201 g/mol. The Morgan fingerprint density at radius 1 is 1.43 bits per heavy atom. The van der Waals surface area contributed by atoms with Crippen LogP contribution in [0.25, 0.3) is 0 Å². The molecule has 1 aliphatic rings. The second-order valence-corrected chi connectivity index (χ2v) is 4.04. The first kappa shape index (κ1) is 11.5.